The molecule has 1 N–H and O–H groups in total. The van der Waals surface area contributed by atoms with Gasteiger partial charge >= 0.3 is 0 Å². The molecular weight excluding hydrogens is 314 g/mol. The van der Waals surface area contributed by atoms with Crippen LogP contribution in [0.2, 0.25) is 5.02 Å². The molecule has 108 valence electrons. The van der Waals surface area contributed by atoms with Crippen LogP contribution in [0.5, 0.6) is 11.5 Å². The van der Waals surface area contributed by atoms with Crippen molar-refractivity contribution in [3.05, 3.63) is 27.6 Å². The summed E-state index contributed by atoms with van der Waals surface area (Å²) < 4.78 is 4.98. The van der Waals surface area contributed by atoms with E-state index in [2.05, 4.69) is 5.92 Å². The number of thioether (sulfide) groups is 1. The van der Waals surface area contributed by atoms with E-state index in [1.807, 2.05) is 0 Å². The maximum Gasteiger partial charge on any atom is 0.294 e. The van der Waals surface area contributed by atoms with E-state index in [4.69, 9.17) is 22.8 Å². The van der Waals surface area contributed by atoms with Gasteiger partial charge in [0.05, 0.1) is 23.6 Å². The van der Waals surface area contributed by atoms with Crippen LogP contribution in [-0.4, -0.2) is 34.8 Å². The summed E-state index contributed by atoms with van der Waals surface area (Å²) in [6.07, 6.45) is 6.61. The molecule has 21 heavy (non-hydrogen) atoms. The molecule has 0 bridgehead atoms. The van der Waals surface area contributed by atoms with E-state index in [0.717, 1.165) is 16.7 Å². The zero-order valence-corrected chi connectivity index (χ0v) is 12.5. The normalized spacial score (nSPS) is 16.4. The monoisotopic (exact) mass is 323 g/mol. The van der Waals surface area contributed by atoms with Gasteiger partial charge in [-0.2, -0.15) is 0 Å². The number of imide groups is 1. The molecule has 0 aliphatic carbocycles. The highest BCUT2D eigenvalue weighted by Crippen LogP contribution is 2.37. The number of phenols is 1. The number of aromatic hydroxyl groups is 1. The average Bonchev–Trinajstić information content (AvgIpc) is 2.70. The van der Waals surface area contributed by atoms with Gasteiger partial charge in [0.25, 0.3) is 11.1 Å². The molecule has 1 aliphatic heterocycles. The van der Waals surface area contributed by atoms with E-state index in [1.54, 1.807) is 0 Å². The first-order valence-electron chi connectivity index (χ1n) is 5.73. The van der Waals surface area contributed by atoms with Gasteiger partial charge in [-0.05, 0) is 35.5 Å². The van der Waals surface area contributed by atoms with Crippen molar-refractivity contribution in [1.82, 2.24) is 4.90 Å². The van der Waals surface area contributed by atoms with Crippen LogP contribution in [0.1, 0.15) is 5.56 Å². The number of carbonyl (C=O) groups is 2. The fourth-order valence-corrected chi connectivity index (χ4v) is 2.77. The highest BCUT2D eigenvalue weighted by atomic mass is 35.5. The highest BCUT2D eigenvalue weighted by Gasteiger charge is 2.34. The summed E-state index contributed by atoms with van der Waals surface area (Å²) >= 11 is 6.67. The molecule has 1 aromatic carbocycles. The van der Waals surface area contributed by atoms with Crippen LogP contribution in [0.25, 0.3) is 6.08 Å². The van der Waals surface area contributed by atoms with E-state index in [1.165, 1.54) is 25.3 Å². The summed E-state index contributed by atoms with van der Waals surface area (Å²) in [4.78, 5) is 24.9. The molecule has 2 amide bonds. The van der Waals surface area contributed by atoms with E-state index in [9.17, 15) is 14.7 Å². The standard InChI is InChI=1S/C14H10ClNO4S/c1-3-4-16-13(18)11(21-14(16)19)7-8-5-9(15)12(17)10(6-8)20-2/h1,5-7,17H,4H2,2H3/b11-7+. The number of ether oxygens (including phenoxy) is 1. The van der Waals surface area contributed by atoms with Crippen molar-refractivity contribution in [2.75, 3.05) is 13.7 Å². The maximum atomic E-state index is 12.0. The minimum atomic E-state index is -0.453. The fourth-order valence-electron chi connectivity index (χ4n) is 1.71. The van der Waals surface area contributed by atoms with Crippen molar-refractivity contribution in [3.63, 3.8) is 0 Å². The molecule has 1 aliphatic rings. The second-order valence-corrected chi connectivity index (χ2v) is 5.43. The average molecular weight is 324 g/mol. The van der Waals surface area contributed by atoms with Crippen LogP contribution in [0.15, 0.2) is 17.0 Å². The van der Waals surface area contributed by atoms with Gasteiger partial charge in [0.2, 0.25) is 0 Å². The second kappa shape index (κ2) is 6.12. The Morgan fingerprint density at radius 3 is 2.86 bits per heavy atom. The van der Waals surface area contributed by atoms with Gasteiger partial charge in [0, 0.05) is 0 Å². The molecule has 1 saturated heterocycles. The first kappa shape index (κ1) is 15.3. The fraction of sp³-hybridized carbons (Fsp3) is 0.143. The van der Waals surface area contributed by atoms with Crippen LogP contribution in [0.3, 0.4) is 0 Å². The molecule has 0 spiro atoms. The van der Waals surface area contributed by atoms with Gasteiger partial charge in [-0.15, -0.1) is 6.42 Å². The van der Waals surface area contributed by atoms with Crippen molar-refractivity contribution in [1.29, 1.82) is 0 Å². The lowest BCUT2D eigenvalue weighted by atomic mass is 10.2. The molecule has 1 fully saturated rings. The molecule has 0 saturated carbocycles. The van der Waals surface area contributed by atoms with Gasteiger partial charge < -0.3 is 9.84 Å². The largest absolute Gasteiger partial charge is 0.503 e. The zero-order valence-electron chi connectivity index (χ0n) is 10.9. The number of methoxy groups -OCH3 is 1. The zero-order chi connectivity index (χ0) is 15.6. The Morgan fingerprint density at radius 2 is 2.24 bits per heavy atom. The van der Waals surface area contributed by atoms with Crippen LogP contribution < -0.4 is 4.74 Å². The van der Waals surface area contributed by atoms with E-state index in [0.29, 0.717) is 5.56 Å². The Bertz CT molecular complexity index is 693. The third kappa shape index (κ3) is 2.99. The predicted octanol–water partition coefficient (Wildman–Crippen LogP) is 2.72. The number of phenolic OH excluding ortho intramolecular Hbond substituents is 1. The van der Waals surface area contributed by atoms with Crippen molar-refractivity contribution in [2.45, 2.75) is 0 Å². The van der Waals surface area contributed by atoms with Crippen molar-refractivity contribution in [3.8, 4) is 23.8 Å². The lowest BCUT2D eigenvalue weighted by Gasteiger charge is -2.07. The minimum absolute atomic E-state index is 0.0678. The summed E-state index contributed by atoms with van der Waals surface area (Å²) in [6.45, 7) is -0.0678. The molecule has 0 radical (unpaired) electrons. The van der Waals surface area contributed by atoms with Gasteiger partial charge in [-0.25, -0.2) is 0 Å². The molecule has 0 unspecified atom stereocenters. The highest BCUT2D eigenvalue weighted by molar-refractivity contribution is 8.18. The van der Waals surface area contributed by atoms with Crippen molar-refractivity contribution in [2.24, 2.45) is 0 Å². The third-order valence-electron chi connectivity index (χ3n) is 2.69. The number of halogens is 1. The first-order chi connectivity index (χ1) is 9.97. The predicted molar refractivity (Wildman–Crippen MR) is 81.2 cm³/mol. The molecule has 0 aromatic heterocycles. The lowest BCUT2D eigenvalue weighted by Crippen LogP contribution is -2.28. The van der Waals surface area contributed by atoms with Gasteiger partial charge in [0.1, 0.15) is 0 Å². The smallest absolute Gasteiger partial charge is 0.294 e. The minimum Gasteiger partial charge on any atom is -0.503 e. The SMILES string of the molecule is C#CCN1C(=O)S/C(=C/c2cc(Cl)c(O)c(OC)c2)C1=O. The van der Waals surface area contributed by atoms with E-state index in [-0.39, 0.29) is 28.0 Å². The third-order valence-corrected chi connectivity index (χ3v) is 3.89. The number of terminal acetylenes is 1. The number of rotatable bonds is 3. The van der Waals surface area contributed by atoms with E-state index < -0.39 is 11.1 Å². The van der Waals surface area contributed by atoms with Crippen LogP contribution in [0.4, 0.5) is 4.79 Å². The summed E-state index contributed by atoms with van der Waals surface area (Å²) in [7, 11) is 1.38. The topological polar surface area (TPSA) is 66.8 Å². The Labute approximate surface area is 130 Å². The Morgan fingerprint density at radius 1 is 1.52 bits per heavy atom. The number of amides is 2. The molecule has 1 heterocycles. The first-order valence-corrected chi connectivity index (χ1v) is 6.92. The number of hydrogen-bond donors (Lipinski definition) is 1. The quantitative estimate of drug-likeness (QED) is 0.684. The van der Waals surface area contributed by atoms with Crippen LogP contribution in [-0.2, 0) is 4.79 Å². The summed E-state index contributed by atoms with van der Waals surface area (Å²) in [5, 5.41) is 9.33. The maximum absolute atomic E-state index is 12.0. The lowest BCUT2D eigenvalue weighted by molar-refractivity contribution is -0.122. The van der Waals surface area contributed by atoms with Crippen molar-refractivity contribution >= 4 is 40.6 Å². The van der Waals surface area contributed by atoms with Crippen LogP contribution in [0, 0.1) is 12.3 Å². The van der Waals surface area contributed by atoms with Crippen LogP contribution >= 0.6 is 23.4 Å². The molecular formula is C14H10ClNO4S. The van der Waals surface area contributed by atoms with E-state index >= 15 is 0 Å². The van der Waals surface area contributed by atoms with Crippen molar-refractivity contribution < 1.29 is 19.4 Å². The number of hydrogen-bond acceptors (Lipinski definition) is 5. The summed E-state index contributed by atoms with van der Waals surface area (Å²) in [5.74, 6) is 1.80. The second-order valence-electron chi connectivity index (χ2n) is 4.03. The molecule has 0 atom stereocenters. The molecule has 2 rings (SSSR count). The molecule has 1 aromatic rings. The number of nitrogens with zero attached hydrogens (tertiary/aromatic N) is 1. The van der Waals surface area contributed by atoms with Gasteiger partial charge in [-0.1, -0.05) is 17.5 Å². The molecule has 5 nitrogen and oxygen atoms in total. The van der Waals surface area contributed by atoms with Gasteiger partial charge in [0.15, 0.2) is 11.5 Å². The summed E-state index contributed by atoms with van der Waals surface area (Å²) in [5.41, 5.74) is 0.529. The Kier molecular flexibility index (Phi) is 4.46. The number of carbonyl (C=O) groups excluding carboxylic acids is 2. The van der Waals surface area contributed by atoms with Gasteiger partial charge in [-0.3, -0.25) is 14.5 Å². The Hall–Kier alpha value is -2.10. The molecule has 7 heteroatoms. The summed E-state index contributed by atoms with van der Waals surface area (Å²) in [6, 6.07) is 2.98. The Balaban J connectivity index is 2.37. The number of benzene rings is 1.